The molecule has 1 aromatic heterocycles. The first-order valence-corrected chi connectivity index (χ1v) is 13.9. The molecule has 0 radical (unpaired) electrons. The Morgan fingerprint density at radius 1 is 1.03 bits per heavy atom. The van der Waals surface area contributed by atoms with Gasteiger partial charge in [0.1, 0.15) is 5.82 Å². The highest BCUT2D eigenvalue weighted by molar-refractivity contribution is 7.89. The van der Waals surface area contributed by atoms with Crippen LogP contribution in [0.3, 0.4) is 0 Å². The Kier molecular flexibility index (Phi) is 8.25. The number of nitro groups is 1. The largest absolute Gasteiger partial charge is 0.416 e. The fraction of sp³-hybridized carbons (Fsp3) is 0.440. The number of halogens is 3. The van der Waals surface area contributed by atoms with E-state index >= 15 is 0 Å². The molecule has 2 aromatic carbocycles. The lowest BCUT2D eigenvalue weighted by Crippen LogP contribution is -2.32. The number of nitrogens with zero attached hydrogens (tertiary/aromatic N) is 4. The van der Waals surface area contributed by atoms with Crippen molar-refractivity contribution in [2.45, 2.75) is 36.8 Å². The van der Waals surface area contributed by atoms with E-state index in [1.807, 2.05) is 43.3 Å². The summed E-state index contributed by atoms with van der Waals surface area (Å²) in [5, 5.41) is 15.6. The molecule has 3 aromatic rings. The normalized spacial score (nSPS) is 18.2. The number of nitro benzene ring substituents is 1. The predicted octanol–water partition coefficient (Wildman–Crippen LogP) is 4.82. The van der Waals surface area contributed by atoms with Crippen LogP contribution in [0.2, 0.25) is 0 Å². The van der Waals surface area contributed by atoms with E-state index in [1.54, 1.807) is 0 Å². The Hall–Kier alpha value is -3.52. The lowest BCUT2D eigenvalue weighted by atomic mass is 9.82. The summed E-state index contributed by atoms with van der Waals surface area (Å²) in [7, 11) is -0.537. The molecule has 14 heteroatoms. The van der Waals surface area contributed by atoms with Crippen molar-refractivity contribution in [2.24, 2.45) is 11.8 Å². The van der Waals surface area contributed by atoms with E-state index < -0.39 is 37.3 Å². The average Bonchev–Trinajstić information content (AvgIpc) is 2.90. The van der Waals surface area contributed by atoms with Crippen LogP contribution in [0.4, 0.5) is 30.6 Å². The molecule has 10 nitrogen and oxygen atoms in total. The molecule has 1 fully saturated rings. The summed E-state index contributed by atoms with van der Waals surface area (Å²) in [6.45, 7) is 0.696. The van der Waals surface area contributed by atoms with Crippen molar-refractivity contribution in [2.75, 3.05) is 37.4 Å². The summed E-state index contributed by atoms with van der Waals surface area (Å²) < 4.78 is 66.6. The lowest BCUT2D eigenvalue weighted by Gasteiger charge is -2.28. The summed E-state index contributed by atoms with van der Waals surface area (Å²) in [5.41, 5.74) is -1.56. The van der Waals surface area contributed by atoms with E-state index in [0.29, 0.717) is 30.5 Å². The SMILES string of the molecule is CN(C)c1nc(NCC2CCC(CNS(=O)(=O)c3ccc(C(F)(F)F)cc3[N+](=O)[O-])CC2)nc2ccccc12. The van der Waals surface area contributed by atoms with Crippen molar-refractivity contribution in [1.82, 2.24) is 14.7 Å². The third-order valence-electron chi connectivity index (χ3n) is 6.86. The van der Waals surface area contributed by atoms with E-state index in [4.69, 9.17) is 0 Å². The van der Waals surface area contributed by atoms with Crippen LogP contribution in [0.5, 0.6) is 0 Å². The van der Waals surface area contributed by atoms with Gasteiger partial charge in [-0.15, -0.1) is 0 Å². The zero-order chi connectivity index (χ0) is 28.4. The highest BCUT2D eigenvalue weighted by atomic mass is 32.2. The van der Waals surface area contributed by atoms with Crippen LogP contribution < -0.4 is 14.9 Å². The Morgan fingerprint density at radius 2 is 1.67 bits per heavy atom. The molecule has 0 unspecified atom stereocenters. The molecular formula is C25H29F3N6O4S. The first-order valence-electron chi connectivity index (χ1n) is 12.4. The molecule has 0 saturated heterocycles. The van der Waals surface area contributed by atoms with Crippen LogP contribution >= 0.6 is 0 Å². The Morgan fingerprint density at radius 3 is 2.28 bits per heavy atom. The smallest absolute Gasteiger partial charge is 0.362 e. The van der Waals surface area contributed by atoms with Crippen LogP contribution in [-0.4, -0.2) is 50.5 Å². The zero-order valence-electron chi connectivity index (χ0n) is 21.4. The number of nitrogens with one attached hydrogen (secondary N) is 2. The highest BCUT2D eigenvalue weighted by Crippen LogP contribution is 2.35. The van der Waals surface area contributed by atoms with Crippen molar-refractivity contribution in [3.05, 3.63) is 58.1 Å². The van der Waals surface area contributed by atoms with Gasteiger partial charge in [-0.1, -0.05) is 12.1 Å². The number of alkyl halides is 3. The Labute approximate surface area is 223 Å². The van der Waals surface area contributed by atoms with Gasteiger partial charge in [0.15, 0.2) is 4.90 Å². The van der Waals surface area contributed by atoms with Gasteiger partial charge < -0.3 is 10.2 Å². The second-order valence-corrected chi connectivity index (χ2v) is 11.6. The molecule has 1 aliphatic carbocycles. The van der Waals surface area contributed by atoms with Crippen LogP contribution in [0.25, 0.3) is 10.9 Å². The van der Waals surface area contributed by atoms with Gasteiger partial charge in [-0.2, -0.15) is 18.2 Å². The van der Waals surface area contributed by atoms with Crippen LogP contribution in [0.15, 0.2) is 47.4 Å². The summed E-state index contributed by atoms with van der Waals surface area (Å²) in [4.78, 5) is 20.6. The van der Waals surface area contributed by atoms with Crippen LogP contribution in [0, 0.1) is 22.0 Å². The topological polar surface area (TPSA) is 130 Å². The van der Waals surface area contributed by atoms with Crippen LogP contribution in [0.1, 0.15) is 31.2 Å². The van der Waals surface area contributed by atoms with E-state index in [2.05, 4.69) is 20.0 Å². The molecule has 0 spiro atoms. The Bertz CT molecular complexity index is 1460. The molecule has 1 heterocycles. The summed E-state index contributed by atoms with van der Waals surface area (Å²) in [6, 6.07) is 9.16. The third kappa shape index (κ3) is 6.74. The monoisotopic (exact) mass is 566 g/mol. The quantitative estimate of drug-likeness (QED) is 0.279. The molecular weight excluding hydrogens is 537 g/mol. The summed E-state index contributed by atoms with van der Waals surface area (Å²) in [6.07, 6.45) is -1.72. The van der Waals surface area contributed by atoms with E-state index in [9.17, 15) is 31.7 Å². The molecule has 1 aliphatic rings. The number of rotatable bonds is 9. The van der Waals surface area contributed by atoms with Gasteiger partial charge >= 0.3 is 6.18 Å². The van der Waals surface area contributed by atoms with E-state index in [0.717, 1.165) is 42.4 Å². The maximum Gasteiger partial charge on any atom is 0.416 e. The highest BCUT2D eigenvalue weighted by Gasteiger charge is 2.35. The van der Waals surface area contributed by atoms with Crippen molar-refractivity contribution >= 4 is 38.4 Å². The van der Waals surface area contributed by atoms with Crippen molar-refractivity contribution in [3.63, 3.8) is 0 Å². The summed E-state index contributed by atoms with van der Waals surface area (Å²) in [5.74, 6) is 1.67. The van der Waals surface area contributed by atoms with Gasteiger partial charge in [-0.05, 0) is 61.8 Å². The maximum atomic E-state index is 12.9. The van der Waals surface area contributed by atoms with Gasteiger partial charge in [0, 0.05) is 38.6 Å². The molecule has 39 heavy (non-hydrogen) atoms. The molecule has 0 bridgehead atoms. The summed E-state index contributed by atoms with van der Waals surface area (Å²) >= 11 is 0. The number of hydrogen-bond acceptors (Lipinski definition) is 8. The lowest BCUT2D eigenvalue weighted by molar-refractivity contribution is -0.388. The van der Waals surface area contributed by atoms with Gasteiger partial charge in [0.2, 0.25) is 16.0 Å². The third-order valence-corrected chi connectivity index (χ3v) is 8.33. The number of hydrogen-bond donors (Lipinski definition) is 2. The molecule has 210 valence electrons. The second-order valence-electron chi connectivity index (χ2n) is 9.84. The molecule has 0 atom stereocenters. The van der Waals surface area contributed by atoms with Gasteiger partial charge in [-0.25, -0.2) is 18.1 Å². The average molecular weight is 567 g/mol. The molecule has 4 rings (SSSR count). The number of fused-ring (bicyclic) bond motifs is 1. The fourth-order valence-electron chi connectivity index (χ4n) is 4.72. The predicted molar refractivity (Wildman–Crippen MR) is 141 cm³/mol. The minimum atomic E-state index is -4.83. The number of anilines is 2. The molecule has 0 aliphatic heterocycles. The minimum absolute atomic E-state index is 0.00166. The first kappa shape index (κ1) is 28.5. The zero-order valence-corrected chi connectivity index (χ0v) is 22.2. The minimum Gasteiger partial charge on any atom is -0.362 e. The fourth-order valence-corrected chi connectivity index (χ4v) is 5.99. The molecule has 1 saturated carbocycles. The second kappa shape index (κ2) is 11.3. The van der Waals surface area contributed by atoms with Gasteiger partial charge in [0.25, 0.3) is 5.69 Å². The molecule has 0 amide bonds. The van der Waals surface area contributed by atoms with Crippen molar-refractivity contribution in [1.29, 1.82) is 0 Å². The number of para-hydroxylation sites is 1. The van der Waals surface area contributed by atoms with E-state index in [1.165, 1.54) is 0 Å². The standard InChI is InChI=1S/C25H29F3N6O4S/c1-33(2)23-19-5-3-4-6-20(19)31-24(32-23)29-14-16-7-9-17(10-8-16)15-30-39(37,38)22-12-11-18(25(26,27)28)13-21(22)34(35)36/h3-6,11-13,16-17,30H,7-10,14-15H2,1-2H3,(H,29,31,32). The molecule has 2 N–H and O–H groups in total. The number of sulfonamides is 1. The van der Waals surface area contributed by atoms with Gasteiger partial charge in [-0.3, -0.25) is 10.1 Å². The number of aromatic nitrogens is 2. The van der Waals surface area contributed by atoms with Crippen LogP contribution in [-0.2, 0) is 16.2 Å². The van der Waals surface area contributed by atoms with Crippen molar-refractivity contribution in [3.8, 4) is 0 Å². The maximum absolute atomic E-state index is 12.9. The van der Waals surface area contributed by atoms with Gasteiger partial charge in [0.05, 0.1) is 16.0 Å². The van der Waals surface area contributed by atoms with E-state index in [-0.39, 0.29) is 18.5 Å². The Balaban J connectivity index is 1.33. The van der Waals surface area contributed by atoms with Crippen molar-refractivity contribution < 1.29 is 26.5 Å². The number of benzene rings is 2. The first-order chi connectivity index (χ1) is 18.3.